The molecule has 0 rings (SSSR count). The Morgan fingerprint density at radius 3 is 2.62 bits per heavy atom. The van der Waals surface area contributed by atoms with E-state index in [4.69, 9.17) is 0 Å². The topological polar surface area (TPSA) is 15.3 Å². The van der Waals surface area contributed by atoms with Gasteiger partial charge < -0.3 is 5.32 Å². The molecule has 1 N–H and O–H groups in total. The van der Waals surface area contributed by atoms with Crippen molar-refractivity contribution in [2.24, 2.45) is 5.92 Å². The number of nitrogens with zero attached hydrogens (tertiary/aromatic N) is 1. The van der Waals surface area contributed by atoms with Crippen molar-refractivity contribution in [1.29, 1.82) is 0 Å². The van der Waals surface area contributed by atoms with Gasteiger partial charge in [-0.15, -0.1) is 6.58 Å². The minimum Gasteiger partial charge on any atom is -0.317 e. The molecule has 0 aromatic rings. The first-order chi connectivity index (χ1) is 6.24. The first-order valence-corrected chi connectivity index (χ1v) is 5.28. The zero-order valence-corrected chi connectivity index (χ0v) is 9.34. The van der Waals surface area contributed by atoms with E-state index in [1.807, 2.05) is 6.08 Å². The van der Waals surface area contributed by atoms with Gasteiger partial charge in [0.2, 0.25) is 0 Å². The highest BCUT2D eigenvalue weighted by molar-refractivity contribution is 4.74. The van der Waals surface area contributed by atoms with Crippen LogP contribution in [-0.4, -0.2) is 37.6 Å². The number of likely N-dealkylation sites (N-methyl/N-ethyl adjacent to an activating group) is 1. The van der Waals surface area contributed by atoms with Gasteiger partial charge in [0, 0.05) is 13.1 Å². The summed E-state index contributed by atoms with van der Waals surface area (Å²) < 4.78 is 0. The average molecular weight is 184 g/mol. The van der Waals surface area contributed by atoms with Gasteiger partial charge in [0.25, 0.3) is 0 Å². The molecule has 0 radical (unpaired) electrons. The molecule has 0 amide bonds. The molecule has 2 heteroatoms. The van der Waals surface area contributed by atoms with Crippen LogP contribution in [0.1, 0.15) is 20.8 Å². The minimum absolute atomic E-state index is 0.722. The Morgan fingerprint density at radius 2 is 2.15 bits per heavy atom. The Morgan fingerprint density at radius 1 is 1.46 bits per heavy atom. The van der Waals surface area contributed by atoms with Crippen LogP contribution in [0.2, 0.25) is 0 Å². The molecule has 0 aromatic heterocycles. The van der Waals surface area contributed by atoms with Crippen LogP contribution in [0, 0.1) is 5.92 Å². The van der Waals surface area contributed by atoms with E-state index < -0.39 is 0 Å². The lowest BCUT2D eigenvalue weighted by atomic mass is 10.1. The molecule has 0 heterocycles. The molecule has 0 aliphatic heterocycles. The maximum Gasteiger partial charge on any atom is 0.0160 e. The van der Waals surface area contributed by atoms with Crippen molar-refractivity contribution in [2.45, 2.75) is 20.8 Å². The van der Waals surface area contributed by atoms with E-state index in [0.717, 1.165) is 38.6 Å². The van der Waals surface area contributed by atoms with Crippen LogP contribution in [0.15, 0.2) is 12.7 Å². The molecule has 0 spiro atoms. The molecule has 0 fully saturated rings. The summed E-state index contributed by atoms with van der Waals surface area (Å²) in [5, 5.41) is 3.37. The van der Waals surface area contributed by atoms with E-state index in [1.54, 1.807) is 0 Å². The fraction of sp³-hybridized carbons (Fsp3) is 0.818. The molecule has 2 nitrogen and oxygen atoms in total. The molecule has 1 atom stereocenters. The molecule has 13 heavy (non-hydrogen) atoms. The Labute approximate surface area is 83.0 Å². The lowest BCUT2D eigenvalue weighted by Gasteiger charge is -2.22. The van der Waals surface area contributed by atoms with Gasteiger partial charge in [0.05, 0.1) is 0 Å². The third kappa shape index (κ3) is 6.79. The van der Waals surface area contributed by atoms with Crippen LogP contribution in [0.4, 0.5) is 0 Å². The number of hydrogen-bond acceptors (Lipinski definition) is 2. The monoisotopic (exact) mass is 184 g/mol. The van der Waals surface area contributed by atoms with Crippen molar-refractivity contribution in [3.05, 3.63) is 12.7 Å². The van der Waals surface area contributed by atoms with Crippen LogP contribution < -0.4 is 5.32 Å². The van der Waals surface area contributed by atoms with Gasteiger partial charge in [0.1, 0.15) is 0 Å². The van der Waals surface area contributed by atoms with Crippen LogP contribution in [-0.2, 0) is 0 Å². The Hall–Kier alpha value is -0.340. The van der Waals surface area contributed by atoms with Crippen molar-refractivity contribution < 1.29 is 0 Å². The van der Waals surface area contributed by atoms with Gasteiger partial charge in [-0.2, -0.15) is 0 Å². The van der Waals surface area contributed by atoms with E-state index in [2.05, 4.69) is 37.6 Å². The number of hydrogen-bond donors (Lipinski definition) is 1. The first-order valence-electron chi connectivity index (χ1n) is 5.28. The lowest BCUT2D eigenvalue weighted by Crippen LogP contribution is -2.33. The first kappa shape index (κ1) is 12.7. The summed E-state index contributed by atoms with van der Waals surface area (Å²) in [5.41, 5.74) is 0. The van der Waals surface area contributed by atoms with Crippen LogP contribution in [0.5, 0.6) is 0 Å². The van der Waals surface area contributed by atoms with Crippen LogP contribution in [0.25, 0.3) is 0 Å². The SMILES string of the molecule is C=CCN(CC)CC(C)CNCC. The third-order valence-electron chi connectivity index (χ3n) is 2.15. The average Bonchev–Trinajstić information content (AvgIpc) is 2.14. The fourth-order valence-corrected chi connectivity index (χ4v) is 1.41. The Bertz CT molecular complexity index is 123. The number of rotatable bonds is 8. The van der Waals surface area contributed by atoms with Crippen molar-refractivity contribution in [3.8, 4) is 0 Å². The summed E-state index contributed by atoms with van der Waals surface area (Å²) in [6.45, 7) is 15.9. The smallest absolute Gasteiger partial charge is 0.0160 e. The molecule has 0 bridgehead atoms. The highest BCUT2D eigenvalue weighted by atomic mass is 15.1. The van der Waals surface area contributed by atoms with Crippen LogP contribution >= 0.6 is 0 Å². The van der Waals surface area contributed by atoms with E-state index in [-0.39, 0.29) is 0 Å². The third-order valence-corrected chi connectivity index (χ3v) is 2.15. The normalized spacial score (nSPS) is 13.2. The fourth-order valence-electron chi connectivity index (χ4n) is 1.41. The maximum absolute atomic E-state index is 3.76. The summed E-state index contributed by atoms with van der Waals surface area (Å²) in [6.07, 6.45) is 1.98. The quantitative estimate of drug-likeness (QED) is 0.578. The molecule has 0 saturated heterocycles. The lowest BCUT2D eigenvalue weighted by molar-refractivity contribution is 0.269. The molecule has 1 unspecified atom stereocenters. The molecule has 0 aliphatic rings. The minimum atomic E-state index is 0.722. The van der Waals surface area contributed by atoms with E-state index in [0.29, 0.717) is 0 Å². The highest BCUT2D eigenvalue weighted by Gasteiger charge is 2.06. The van der Waals surface area contributed by atoms with Gasteiger partial charge in [-0.3, -0.25) is 4.90 Å². The summed E-state index contributed by atoms with van der Waals surface area (Å²) >= 11 is 0. The second-order valence-corrected chi connectivity index (χ2v) is 3.55. The van der Waals surface area contributed by atoms with Gasteiger partial charge >= 0.3 is 0 Å². The summed E-state index contributed by atoms with van der Waals surface area (Å²) in [5.74, 6) is 0.722. The molecular weight excluding hydrogens is 160 g/mol. The standard InChI is InChI=1S/C11H24N2/c1-5-8-13(7-3)10-11(4)9-12-6-2/h5,11-12H,1,6-10H2,2-4H3. The molecule has 78 valence electrons. The zero-order chi connectivity index (χ0) is 10.1. The van der Waals surface area contributed by atoms with Crippen molar-refractivity contribution in [1.82, 2.24) is 10.2 Å². The largest absolute Gasteiger partial charge is 0.317 e. The van der Waals surface area contributed by atoms with Crippen molar-refractivity contribution in [3.63, 3.8) is 0 Å². The van der Waals surface area contributed by atoms with E-state index >= 15 is 0 Å². The second-order valence-electron chi connectivity index (χ2n) is 3.55. The van der Waals surface area contributed by atoms with Gasteiger partial charge in [-0.05, 0) is 25.6 Å². The zero-order valence-electron chi connectivity index (χ0n) is 9.34. The summed E-state index contributed by atoms with van der Waals surface area (Å²) in [6, 6.07) is 0. The van der Waals surface area contributed by atoms with E-state index in [9.17, 15) is 0 Å². The number of nitrogens with one attached hydrogen (secondary N) is 1. The maximum atomic E-state index is 3.76. The predicted molar refractivity (Wildman–Crippen MR) is 60.0 cm³/mol. The summed E-state index contributed by atoms with van der Waals surface area (Å²) in [7, 11) is 0. The van der Waals surface area contributed by atoms with Gasteiger partial charge in [-0.1, -0.05) is 26.8 Å². The van der Waals surface area contributed by atoms with E-state index in [1.165, 1.54) is 0 Å². The second kappa shape index (κ2) is 8.27. The van der Waals surface area contributed by atoms with Crippen molar-refractivity contribution >= 4 is 0 Å². The van der Waals surface area contributed by atoms with Crippen molar-refractivity contribution in [2.75, 3.05) is 32.7 Å². The summed E-state index contributed by atoms with van der Waals surface area (Å²) in [4.78, 5) is 2.41. The Kier molecular flexibility index (Phi) is 8.05. The molecule has 0 aromatic carbocycles. The molecular formula is C11H24N2. The molecule has 0 saturated carbocycles. The van der Waals surface area contributed by atoms with Gasteiger partial charge in [0.15, 0.2) is 0 Å². The Balaban J connectivity index is 3.58. The highest BCUT2D eigenvalue weighted by Crippen LogP contribution is 1.98. The van der Waals surface area contributed by atoms with Crippen LogP contribution in [0.3, 0.4) is 0 Å². The predicted octanol–water partition coefficient (Wildman–Crippen LogP) is 1.74. The van der Waals surface area contributed by atoms with Gasteiger partial charge in [-0.25, -0.2) is 0 Å². The molecule has 0 aliphatic carbocycles.